The van der Waals surface area contributed by atoms with E-state index in [4.69, 9.17) is 0 Å². The highest BCUT2D eigenvalue weighted by atomic mass is 32.2. The van der Waals surface area contributed by atoms with Crippen LogP contribution in [-0.2, 0) is 11.3 Å². The van der Waals surface area contributed by atoms with Crippen LogP contribution >= 0.6 is 11.8 Å². The molecule has 2 heterocycles. The van der Waals surface area contributed by atoms with E-state index in [1.807, 2.05) is 19.1 Å². The molecule has 0 aliphatic heterocycles. The van der Waals surface area contributed by atoms with E-state index < -0.39 is 0 Å². The fourth-order valence-electron chi connectivity index (χ4n) is 1.69. The molecule has 0 aromatic carbocycles. The third-order valence-electron chi connectivity index (χ3n) is 2.87. The molecular formula is C14H17N5O2S. The number of amides is 1. The third-order valence-corrected chi connectivity index (χ3v) is 3.79. The monoisotopic (exact) mass is 319 g/mol. The van der Waals surface area contributed by atoms with Crippen LogP contribution in [0.4, 0.5) is 0 Å². The highest BCUT2D eigenvalue weighted by Gasteiger charge is 2.05. The van der Waals surface area contributed by atoms with Crippen molar-refractivity contribution in [1.82, 2.24) is 25.1 Å². The first-order chi connectivity index (χ1) is 10.6. The first kappa shape index (κ1) is 16.2. The Labute approximate surface area is 132 Å². The number of carbonyl (C=O) groups is 1. The van der Waals surface area contributed by atoms with Crippen molar-refractivity contribution in [2.45, 2.75) is 25.4 Å². The molecule has 2 aromatic heterocycles. The molecule has 0 aliphatic carbocycles. The summed E-state index contributed by atoms with van der Waals surface area (Å²) in [6.07, 6.45) is 2.99. The first-order valence-electron chi connectivity index (χ1n) is 6.77. The minimum Gasteiger partial charge on any atom is -0.354 e. The van der Waals surface area contributed by atoms with Crippen LogP contribution in [0.25, 0.3) is 0 Å². The van der Waals surface area contributed by atoms with Crippen molar-refractivity contribution < 1.29 is 4.79 Å². The SMILES string of the molecule is Cc1ccc(SCC(=O)NCCn2cncc(C)c2=O)nn1. The number of carbonyl (C=O) groups excluding carboxylic acids is 1. The van der Waals surface area contributed by atoms with Crippen LogP contribution in [0.15, 0.2) is 34.5 Å². The van der Waals surface area contributed by atoms with Gasteiger partial charge in [-0.25, -0.2) is 4.98 Å². The summed E-state index contributed by atoms with van der Waals surface area (Å²) in [5, 5.41) is 11.4. The van der Waals surface area contributed by atoms with Crippen molar-refractivity contribution in [2.24, 2.45) is 0 Å². The van der Waals surface area contributed by atoms with Gasteiger partial charge in [-0.05, 0) is 26.0 Å². The number of aromatic nitrogens is 4. The topological polar surface area (TPSA) is 89.8 Å². The lowest BCUT2D eigenvalue weighted by Gasteiger charge is -2.07. The summed E-state index contributed by atoms with van der Waals surface area (Å²) < 4.78 is 1.48. The summed E-state index contributed by atoms with van der Waals surface area (Å²) in [4.78, 5) is 27.5. The highest BCUT2D eigenvalue weighted by molar-refractivity contribution is 7.99. The van der Waals surface area contributed by atoms with E-state index in [1.165, 1.54) is 28.9 Å². The van der Waals surface area contributed by atoms with E-state index in [0.29, 0.717) is 23.7 Å². The number of thioether (sulfide) groups is 1. The quantitative estimate of drug-likeness (QED) is 0.783. The molecule has 0 spiro atoms. The zero-order valence-electron chi connectivity index (χ0n) is 12.4. The van der Waals surface area contributed by atoms with Crippen molar-refractivity contribution in [1.29, 1.82) is 0 Å². The van der Waals surface area contributed by atoms with Gasteiger partial charge in [-0.3, -0.25) is 14.2 Å². The summed E-state index contributed by atoms with van der Waals surface area (Å²) in [5.74, 6) is 0.152. The zero-order valence-corrected chi connectivity index (χ0v) is 13.3. The Morgan fingerprint density at radius 3 is 2.86 bits per heavy atom. The molecule has 0 saturated carbocycles. The third kappa shape index (κ3) is 4.66. The van der Waals surface area contributed by atoms with Crippen molar-refractivity contribution >= 4 is 17.7 Å². The lowest BCUT2D eigenvalue weighted by Crippen LogP contribution is -2.32. The lowest BCUT2D eigenvalue weighted by molar-refractivity contribution is -0.118. The number of nitrogens with zero attached hydrogens (tertiary/aromatic N) is 4. The number of hydrogen-bond donors (Lipinski definition) is 1. The van der Waals surface area contributed by atoms with E-state index in [0.717, 1.165) is 5.69 Å². The maximum Gasteiger partial charge on any atom is 0.256 e. The maximum absolute atomic E-state index is 11.8. The minimum atomic E-state index is -0.110. The van der Waals surface area contributed by atoms with E-state index >= 15 is 0 Å². The highest BCUT2D eigenvalue weighted by Crippen LogP contribution is 2.13. The molecule has 8 heteroatoms. The number of nitrogens with one attached hydrogen (secondary N) is 1. The number of hydrogen-bond acceptors (Lipinski definition) is 6. The largest absolute Gasteiger partial charge is 0.354 e. The van der Waals surface area contributed by atoms with Gasteiger partial charge in [0.2, 0.25) is 5.91 Å². The summed E-state index contributed by atoms with van der Waals surface area (Å²) in [7, 11) is 0. The summed E-state index contributed by atoms with van der Waals surface area (Å²) in [6, 6.07) is 3.68. The smallest absolute Gasteiger partial charge is 0.256 e. The molecule has 0 unspecified atom stereocenters. The van der Waals surface area contributed by atoms with Gasteiger partial charge in [0.15, 0.2) is 0 Å². The van der Waals surface area contributed by atoms with Crippen LogP contribution in [-0.4, -0.2) is 38.0 Å². The fraction of sp³-hybridized carbons (Fsp3) is 0.357. The molecule has 2 rings (SSSR count). The van der Waals surface area contributed by atoms with E-state index in [-0.39, 0.29) is 17.2 Å². The molecule has 0 saturated heterocycles. The summed E-state index contributed by atoms with van der Waals surface area (Å²) in [6.45, 7) is 4.35. The van der Waals surface area contributed by atoms with Crippen LogP contribution in [0, 0.1) is 13.8 Å². The van der Waals surface area contributed by atoms with Crippen LogP contribution in [0.5, 0.6) is 0 Å². The normalized spacial score (nSPS) is 10.5. The number of rotatable bonds is 6. The van der Waals surface area contributed by atoms with Crippen molar-refractivity contribution in [3.8, 4) is 0 Å². The van der Waals surface area contributed by atoms with Gasteiger partial charge >= 0.3 is 0 Å². The molecule has 2 aromatic rings. The summed E-state index contributed by atoms with van der Waals surface area (Å²) in [5.41, 5.74) is 1.34. The summed E-state index contributed by atoms with van der Waals surface area (Å²) >= 11 is 1.32. The molecule has 1 N–H and O–H groups in total. The predicted molar refractivity (Wildman–Crippen MR) is 83.7 cm³/mol. The van der Waals surface area contributed by atoms with Gasteiger partial charge in [0, 0.05) is 24.8 Å². The van der Waals surface area contributed by atoms with E-state index in [2.05, 4.69) is 20.5 Å². The maximum atomic E-state index is 11.8. The van der Waals surface area contributed by atoms with Gasteiger partial charge in [0.25, 0.3) is 5.56 Å². The van der Waals surface area contributed by atoms with Crippen molar-refractivity contribution in [2.75, 3.05) is 12.3 Å². The van der Waals surface area contributed by atoms with Gasteiger partial charge in [0.05, 0.1) is 17.8 Å². The Balaban J connectivity index is 1.75. The van der Waals surface area contributed by atoms with Gasteiger partial charge in [-0.15, -0.1) is 5.10 Å². The Bertz CT molecular complexity index is 699. The second-order valence-electron chi connectivity index (χ2n) is 4.73. The average Bonchev–Trinajstić information content (AvgIpc) is 2.51. The Kier molecular flexibility index (Phi) is 5.65. The van der Waals surface area contributed by atoms with Crippen LogP contribution in [0.1, 0.15) is 11.3 Å². The van der Waals surface area contributed by atoms with Gasteiger partial charge in [-0.2, -0.15) is 5.10 Å². The molecule has 0 bridgehead atoms. The van der Waals surface area contributed by atoms with E-state index in [1.54, 1.807) is 6.92 Å². The Morgan fingerprint density at radius 1 is 1.32 bits per heavy atom. The second-order valence-corrected chi connectivity index (χ2v) is 5.72. The Hall–Kier alpha value is -2.22. The molecule has 0 fully saturated rings. The molecular weight excluding hydrogens is 302 g/mol. The zero-order chi connectivity index (χ0) is 15.9. The minimum absolute atomic E-state index is 0.0893. The molecule has 116 valence electrons. The van der Waals surface area contributed by atoms with Crippen LogP contribution < -0.4 is 10.9 Å². The van der Waals surface area contributed by atoms with Gasteiger partial charge in [-0.1, -0.05) is 11.8 Å². The lowest BCUT2D eigenvalue weighted by atomic mass is 10.4. The predicted octanol–water partition coefficient (Wildman–Crippen LogP) is 0.559. The standard InChI is InChI=1S/C14H17N5O2S/c1-10-7-15-9-19(14(10)21)6-5-16-12(20)8-22-13-4-3-11(2)17-18-13/h3-4,7,9H,5-6,8H2,1-2H3,(H,16,20). The average molecular weight is 319 g/mol. The molecule has 0 atom stereocenters. The van der Waals surface area contributed by atoms with Crippen LogP contribution in [0.2, 0.25) is 0 Å². The molecule has 1 amide bonds. The molecule has 0 radical (unpaired) electrons. The number of aryl methyl sites for hydroxylation is 2. The van der Waals surface area contributed by atoms with Gasteiger partial charge in [0.1, 0.15) is 5.03 Å². The Morgan fingerprint density at radius 2 is 2.14 bits per heavy atom. The fourth-order valence-corrected chi connectivity index (χ4v) is 2.33. The first-order valence-corrected chi connectivity index (χ1v) is 7.75. The van der Waals surface area contributed by atoms with Crippen molar-refractivity contribution in [3.05, 3.63) is 46.3 Å². The molecule has 22 heavy (non-hydrogen) atoms. The second kappa shape index (κ2) is 7.69. The molecule has 0 aliphatic rings. The van der Waals surface area contributed by atoms with Gasteiger partial charge < -0.3 is 5.32 Å². The van der Waals surface area contributed by atoms with Crippen LogP contribution in [0.3, 0.4) is 0 Å². The van der Waals surface area contributed by atoms with Crippen molar-refractivity contribution in [3.63, 3.8) is 0 Å². The van der Waals surface area contributed by atoms with E-state index in [9.17, 15) is 9.59 Å². The molecule has 7 nitrogen and oxygen atoms in total.